The third-order valence-corrected chi connectivity index (χ3v) is 2.52. The molecule has 1 rings (SSSR count). The van der Waals surface area contributed by atoms with Crippen molar-refractivity contribution in [3.8, 4) is 11.5 Å². The van der Waals surface area contributed by atoms with E-state index in [0.29, 0.717) is 17.1 Å². The topological polar surface area (TPSA) is 44.8 Å². The second-order valence-corrected chi connectivity index (χ2v) is 5.61. The molecule has 0 amide bonds. The van der Waals surface area contributed by atoms with E-state index in [1.54, 1.807) is 12.1 Å². The molecule has 0 fully saturated rings. The molecule has 0 aliphatic carbocycles. The summed E-state index contributed by atoms with van der Waals surface area (Å²) in [6, 6.07) is 3.38. The Balaban J connectivity index is 3.22. The quantitative estimate of drug-likeness (QED) is 0.801. The summed E-state index contributed by atoms with van der Waals surface area (Å²) in [5.41, 5.74) is -0.226. The van der Waals surface area contributed by atoms with Crippen LogP contribution in [0.2, 0.25) is 0 Å². The van der Waals surface area contributed by atoms with Crippen LogP contribution in [0.3, 0.4) is 0 Å². The number of halogens is 1. The molecule has 5 heteroatoms. The third kappa shape index (κ3) is 3.63. The molecule has 4 nitrogen and oxygen atoms in total. The van der Waals surface area contributed by atoms with Gasteiger partial charge in [0.25, 0.3) is 0 Å². The fourth-order valence-electron chi connectivity index (χ4n) is 1.42. The van der Waals surface area contributed by atoms with Crippen molar-refractivity contribution in [1.29, 1.82) is 0 Å². The van der Waals surface area contributed by atoms with E-state index in [-0.39, 0.29) is 0 Å². The maximum absolute atomic E-state index is 12.1. The van der Waals surface area contributed by atoms with Gasteiger partial charge in [0.05, 0.1) is 14.2 Å². The minimum atomic E-state index is -0.558. The Hall–Kier alpha value is -1.23. The highest BCUT2D eigenvalue weighted by Gasteiger charge is 2.23. The normalized spacial score (nSPS) is 11.0. The van der Waals surface area contributed by atoms with Crippen molar-refractivity contribution in [2.75, 3.05) is 14.2 Å². The van der Waals surface area contributed by atoms with Crippen molar-refractivity contribution >= 4 is 21.9 Å². The van der Waals surface area contributed by atoms with Crippen molar-refractivity contribution in [3.63, 3.8) is 0 Å². The van der Waals surface area contributed by atoms with E-state index in [2.05, 4.69) is 15.9 Å². The molecule has 0 bridgehead atoms. The van der Waals surface area contributed by atoms with Crippen LogP contribution < -0.4 is 9.47 Å². The Morgan fingerprint density at radius 2 is 1.78 bits per heavy atom. The van der Waals surface area contributed by atoms with Crippen LogP contribution in [-0.2, 0) is 4.74 Å². The highest BCUT2D eigenvalue weighted by Crippen LogP contribution is 2.35. The number of esters is 1. The van der Waals surface area contributed by atoms with Crippen molar-refractivity contribution in [3.05, 3.63) is 22.2 Å². The highest BCUT2D eigenvalue weighted by atomic mass is 79.9. The molecule has 0 spiro atoms. The summed E-state index contributed by atoms with van der Waals surface area (Å²) in [7, 11) is 3.00. The molecule has 0 atom stereocenters. The van der Waals surface area contributed by atoms with Crippen LogP contribution in [0.25, 0.3) is 0 Å². The van der Waals surface area contributed by atoms with Crippen molar-refractivity contribution in [2.24, 2.45) is 0 Å². The Morgan fingerprint density at radius 3 is 2.22 bits per heavy atom. The van der Waals surface area contributed by atoms with Crippen LogP contribution >= 0.6 is 15.9 Å². The lowest BCUT2D eigenvalue weighted by atomic mass is 10.1. The summed E-state index contributed by atoms with van der Waals surface area (Å²) >= 11 is 3.32. The Labute approximate surface area is 115 Å². The van der Waals surface area contributed by atoms with Gasteiger partial charge in [0.2, 0.25) is 0 Å². The number of benzene rings is 1. The first-order valence-corrected chi connectivity index (χ1v) is 6.22. The SMILES string of the molecule is COc1cc(Br)cc(C(=O)OC(C)(C)C)c1OC. The van der Waals surface area contributed by atoms with Gasteiger partial charge in [-0.25, -0.2) is 4.79 Å². The van der Waals surface area contributed by atoms with E-state index in [9.17, 15) is 4.79 Å². The summed E-state index contributed by atoms with van der Waals surface area (Å²) in [4.78, 5) is 12.1. The molecule has 0 radical (unpaired) electrons. The first kappa shape index (κ1) is 14.8. The second kappa shape index (κ2) is 5.61. The molecule has 1 aromatic rings. The number of rotatable bonds is 3. The molecule has 0 aliphatic rings. The highest BCUT2D eigenvalue weighted by molar-refractivity contribution is 9.10. The minimum Gasteiger partial charge on any atom is -0.493 e. The standard InChI is InChI=1S/C13H17BrO4/c1-13(2,3)18-12(15)9-6-8(14)7-10(16-4)11(9)17-5/h6-7H,1-5H3. The molecule has 0 unspecified atom stereocenters. The zero-order chi connectivity index (χ0) is 13.9. The summed E-state index contributed by atoms with van der Waals surface area (Å²) in [6.45, 7) is 5.44. The van der Waals surface area contributed by atoms with Gasteiger partial charge in [-0.15, -0.1) is 0 Å². The Bertz CT molecular complexity index is 449. The summed E-state index contributed by atoms with van der Waals surface area (Å²) < 4.78 is 16.4. The smallest absolute Gasteiger partial charge is 0.342 e. The van der Waals surface area contributed by atoms with E-state index in [4.69, 9.17) is 14.2 Å². The maximum atomic E-state index is 12.1. The summed E-state index contributed by atoms with van der Waals surface area (Å²) in [5.74, 6) is 0.404. The van der Waals surface area contributed by atoms with Gasteiger partial charge in [0.15, 0.2) is 11.5 Å². The number of carbonyl (C=O) groups excluding carboxylic acids is 1. The van der Waals surface area contributed by atoms with Crippen molar-refractivity contribution in [1.82, 2.24) is 0 Å². The maximum Gasteiger partial charge on any atom is 0.342 e. The molecule has 18 heavy (non-hydrogen) atoms. The molecule has 0 N–H and O–H groups in total. The number of hydrogen-bond donors (Lipinski definition) is 0. The second-order valence-electron chi connectivity index (χ2n) is 4.69. The van der Waals surface area contributed by atoms with Crippen LogP contribution in [0, 0.1) is 0 Å². The molecular weight excluding hydrogens is 300 g/mol. The molecule has 0 aliphatic heterocycles. The van der Waals surface area contributed by atoms with Crippen molar-refractivity contribution < 1.29 is 19.0 Å². The van der Waals surface area contributed by atoms with Gasteiger partial charge < -0.3 is 14.2 Å². The monoisotopic (exact) mass is 316 g/mol. The van der Waals surface area contributed by atoms with Gasteiger partial charge in [0.1, 0.15) is 11.2 Å². The van der Waals surface area contributed by atoms with E-state index in [0.717, 1.165) is 4.47 Å². The van der Waals surface area contributed by atoms with Crippen molar-refractivity contribution in [2.45, 2.75) is 26.4 Å². The van der Waals surface area contributed by atoms with E-state index in [1.807, 2.05) is 20.8 Å². The van der Waals surface area contributed by atoms with Crippen LogP contribution in [0.5, 0.6) is 11.5 Å². The average Bonchev–Trinajstić information content (AvgIpc) is 2.25. The van der Waals surface area contributed by atoms with Gasteiger partial charge in [-0.05, 0) is 32.9 Å². The van der Waals surface area contributed by atoms with E-state index >= 15 is 0 Å². The lowest BCUT2D eigenvalue weighted by molar-refractivity contribution is 0.00659. The molecule has 0 saturated carbocycles. The summed E-state index contributed by atoms with van der Waals surface area (Å²) in [6.07, 6.45) is 0. The average molecular weight is 317 g/mol. The first-order chi connectivity index (χ1) is 8.28. The molecule has 0 aromatic heterocycles. The minimum absolute atomic E-state index is 0.332. The predicted octanol–water partition coefficient (Wildman–Crippen LogP) is 3.42. The lowest BCUT2D eigenvalue weighted by Crippen LogP contribution is -2.24. The zero-order valence-electron chi connectivity index (χ0n) is 11.2. The van der Waals surface area contributed by atoms with Gasteiger partial charge in [-0.3, -0.25) is 0 Å². The molecule has 100 valence electrons. The van der Waals surface area contributed by atoms with Crippen LogP contribution in [-0.4, -0.2) is 25.8 Å². The third-order valence-electron chi connectivity index (χ3n) is 2.06. The number of methoxy groups -OCH3 is 2. The van der Waals surface area contributed by atoms with Gasteiger partial charge in [-0.1, -0.05) is 15.9 Å². The largest absolute Gasteiger partial charge is 0.493 e. The Morgan fingerprint density at radius 1 is 1.17 bits per heavy atom. The number of carbonyl (C=O) groups is 1. The fourth-order valence-corrected chi connectivity index (χ4v) is 1.85. The first-order valence-electron chi connectivity index (χ1n) is 5.43. The summed E-state index contributed by atoms with van der Waals surface area (Å²) in [5, 5.41) is 0. The Kier molecular flexibility index (Phi) is 4.62. The van der Waals surface area contributed by atoms with Gasteiger partial charge in [0, 0.05) is 4.47 Å². The van der Waals surface area contributed by atoms with Gasteiger partial charge >= 0.3 is 5.97 Å². The zero-order valence-corrected chi connectivity index (χ0v) is 12.8. The molecule has 1 aromatic carbocycles. The van der Waals surface area contributed by atoms with E-state index < -0.39 is 11.6 Å². The molecule has 0 heterocycles. The predicted molar refractivity (Wildman–Crippen MR) is 72.4 cm³/mol. The van der Waals surface area contributed by atoms with Crippen LogP contribution in [0.15, 0.2) is 16.6 Å². The van der Waals surface area contributed by atoms with Gasteiger partial charge in [-0.2, -0.15) is 0 Å². The number of ether oxygens (including phenoxy) is 3. The lowest BCUT2D eigenvalue weighted by Gasteiger charge is -2.21. The fraction of sp³-hybridized carbons (Fsp3) is 0.462. The number of hydrogen-bond acceptors (Lipinski definition) is 4. The molecule has 0 saturated heterocycles. The van der Waals surface area contributed by atoms with Crippen LogP contribution in [0.1, 0.15) is 31.1 Å². The molecular formula is C13H17BrO4. The van der Waals surface area contributed by atoms with Crippen LogP contribution in [0.4, 0.5) is 0 Å². The van der Waals surface area contributed by atoms with E-state index in [1.165, 1.54) is 14.2 Å².